The van der Waals surface area contributed by atoms with Crippen molar-refractivity contribution in [3.05, 3.63) is 12.2 Å². The smallest absolute Gasteiger partial charge is 0.234 e. The first kappa shape index (κ1) is 7.18. The van der Waals surface area contributed by atoms with Crippen LogP contribution >= 0.6 is 0 Å². The number of nitrogens with zero attached hydrogens (tertiary/aromatic N) is 2. The molecule has 1 aromatic heterocycles. The van der Waals surface area contributed by atoms with Crippen molar-refractivity contribution in [1.82, 2.24) is 10.1 Å². The monoisotopic (exact) mass is 144 g/mol. The molecule has 4 heteroatoms. The van der Waals surface area contributed by atoms with Crippen molar-refractivity contribution in [2.75, 3.05) is 6.67 Å². The van der Waals surface area contributed by atoms with E-state index < -0.39 is 12.1 Å². The van der Waals surface area contributed by atoms with Crippen LogP contribution in [0.25, 0.3) is 0 Å². The third-order valence-corrected chi connectivity index (χ3v) is 1.27. The van der Waals surface area contributed by atoms with Crippen molar-refractivity contribution in [3.63, 3.8) is 0 Å². The summed E-state index contributed by atoms with van der Waals surface area (Å²) >= 11 is 0. The largest absolute Gasteiger partial charge is 0.339 e. The zero-order valence-electron chi connectivity index (χ0n) is 5.97. The van der Waals surface area contributed by atoms with E-state index in [-0.39, 0.29) is 0 Å². The summed E-state index contributed by atoms with van der Waals surface area (Å²) in [6, 6.07) is 0. The van der Waals surface area contributed by atoms with E-state index in [1.807, 2.05) is 0 Å². The lowest BCUT2D eigenvalue weighted by Crippen LogP contribution is -2.19. The van der Waals surface area contributed by atoms with Crippen LogP contribution < -0.4 is 0 Å². The summed E-state index contributed by atoms with van der Waals surface area (Å²) in [5, 5.41) is 3.38. The lowest BCUT2D eigenvalue weighted by molar-refractivity contribution is 0.258. The molecule has 0 radical (unpaired) electrons. The topological polar surface area (TPSA) is 38.9 Å². The number of hydrogen-bond donors (Lipinski definition) is 0. The highest BCUT2D eigenvalue weighted by atomic mass is 19.1. The Labute approximate surface area is 58.2 Å². The van der Waals surface area contributed by atoms with Gasteiger partial charge in [0.1, 0.15) is 6.67 Å². The second-order valence-electron chi connectivity index (χ2n) is 2.76. The SMILES string of the molecule is CC(C)(CF)c1ncno1. The third-order valence-electron chi connectivity index (χ3n) is 1.27. The van der Waals surface area contributed by atoms with Crippen LogP contribution in [0.5, 0.6) is 0 Å². The fourth-order valence-electron chi connectivity index (χ4n) is 0.529. The van der Waals surface area contributed by atoms with Crippen LogP contribution in [-0.4, -0.2) is 16.8 Å². The highest BCUT2D eigenvalue weighted by Crippen LogP contribution is 2.20. The zero-order valence-corrected chi connectivity index (χ0v) is 5.97. The lowest BCUT2D eigenvalue weighted by atomic mass is 9.96. The number of rotatable bonds is 2. The first-order valence-corrected chi connectivity index (χ1v) is 3.00. The van der Waals surface area contributed by atoms with Gasteiger partial charge in [0.25, 0.3) is 0 Å². The van der Waals surface area contributed by atoms with Gasteiger partial charge < -0.3 is 4.52 Å². The molecule has 0 bridgehead atoms. The van der Waals surface area contributed by atoms with Gasteiger partial charge in [0.2, 0.25) is 5.89 Å². The molecule has 0 aliphatic heterocycles. The summed E-state index contributed by atoms with van der Waals surface area (Å²) < 4.78 is 16.9. The minimum atomic E-state index is -0.642. The predicted octanol–water partition coefficient (Wildman–Crippen LogP) is 1.32. The molecule has 56 valence electrons. The van der Waals surface area contributed by atoms with Crippen LogP contribution in [0.3, 0.4) is 0 Å². The fourth-order valence-corrected chi connectivity index (χ4v) is 0.529. The third kappa shape index (κ3) is 1.15. The van der Waals surface area contributed by atoms with E-state index in [2.05, 4.69) is 14.7 Å². The Hall–Kier alpha value is -0.930. The molecular formula is C6H9FN2O. The lowest BCUT2D eigenvalue weighted by Gasteiger charge is -2.13. The number of alkyl halides is 1. The van der Waals surface area contributed by atoms with Gasteiger partial charge in [-0.15, -0.1) is 0 Å². The molecule has 0 N–H and O–H groups in total. The summed E-state index contributed by atoms with van der Waals surface area (Å²) in [4.78, 5) is 3.74. The Balaban J connectivity index is 2.85. The molecule has 0 atom stereocenters. The Morgan fingerprint density at radius 2 is 2.40 bits per heavy atom. The zero-order chi connectivity index (χ0) is 7.61. The van der Waals surface area contributed by atoms with E-state index in [4.69, 9.17) is 0 Å². The molecule has 1 heterocycles. The Morgan fingerprint density at radius 3 is 2.80 bits per heavy atom. The molecule has 10 heavy (non-hydrogen) atoms. The van der Waals surface area contributed by atoms with Gasteiger partial charge >= 0.3 is 0 Å². The van der Waals surface area contributed by atoms with Crippen LogP contribution in [-0.2, 0) is 5.41 Å². The fraction of sp³-hybridized carbons (Fsp3) is 0.667. The van der Waals surface area contributed by atoms with Crippen molar-refractivity contribution < 1.29 is 8.91 Å². The van der Waals surface area contributed by atoms with Gasteiger partial charge in [0.05, 0.1) is 5.41 Å². The van der Waals surface area contributed by atoms with Gasteiger partial charge in [-0.25, -0.2) is 4.39 Å². The summed E-state index contributed by atoms with van der Waals surface area (Å²) in [6.07, 6.45) is 1.27. The Kier molecular flexibility index (Phi) is 1.70. The first-order chi connectivity index (χ1) is 4.67. The summed E-state index contributed by atoms with van der Waals surface area (Å²) in [7, 11) is 0. The molecule has 0 amide bonds. The molecule has 1 aromatic rings. The predicted molar refractivity (Wildman–Crippen MR) is 33.3 cm³/mol. The van der Waals surface area contributed by atoms with E-state index in [0.717, 1.165) is 0 Å². The molecule has 0 fully saturated rings. The number of halogens is 1. The van der Waals surface area contributed by atoms with Crippen molar-refractivity contribution in [3.8, 4) is 0 Å². The second-order valence-corrected chi connectivity index (χ2v) is 2.76. The summed E-state index contributed by atoms with van der Waals surface area (Å²) in [6.45, 7) is 2.93. The van der Waals surface area contributed by atoms with Crippen LogP contribution in [0.1, 0.15) is 19.7 Å². The normalized spacial score (nSPS) is 11.9. The molecular weight excluding hydrogens is 135 g/mol. The Bertz CT molecular complexity index is 196. The van der Waals surface area contributed by atoms with Crippen LogP contribution in [0, 0.1) is 0 Å². The molecule has 0 saturated heterocycles. The average Bonchev–Trinajstić information content (AvgIpc) is 2.38. The average molecular weight is 144 g/mol. The highest BCUT2D eigenvalue weighted by Gasteiger charge is 2.25. The highest BCUT2D eigenvalue weighted by molar-refractivity contribution is 4.96. The van der Waals surface area contributed by atoms with E-state index in [1.54, 1.807) is 13.8 Å². The van der Waals surface area contributed by atoms with E-state index in [1.165, 1.54) is 6.33 Å². The maximum absolute atomic E-state index is 12.2. The Morgan fingerprint density at radius 1 is 1.70 bits per heavy atom. The van der Waals surface area contributed by atoms with Gasteiger partial charge in [-0.2, -0.15) is 4.98 Å². The van der Waals surface area contributed by atoms with E-state index in [9.17, 15) is 4.39 Å². The van der Waals surface area contributed by atoms with Crippen molar-refractivity contribution in [1.29, 1.82) is 0 Å². The molecule has 0 saturated carbocycles. The molecule has 0 aliphatic carbocycles. The van der Waals surface area contributed by atoms with Crippen LogP contribution in [0.2, 0.25) is 0 Å². The van der Waals surface area contributed by atoms with Gasteiger partial charge in [0.15, 0.2) is 6.33 Å². The standard InChI is InChI=1S/C6H9FN2O/c1-6(2,3-7)5-8-4-9-10-5/h4H,3H2,1-2H3. The minimum Gasteiger partial charge on any atom is -0.339 e. The molecule has 0 unspecified atom stereocenters. The second kappa shape index (κ2) is 2.36. The maximum Gasteiger partial charge on any atom is 0.234 e. The van der Waals surface area contributed by atoms with Crippen molar-refractivity contribution in [2.24, 2.45) is 0 Å². The molecule has 0 aliphatic rings. The molecule has 1 rings (SSSR count). The van der Waals surface area contributed by atoms with Gasteiger partial charge in [-0.05, 0) is 13.8 Å². The van der Waals surface area contributed by atoms with Crippen LogP contribution in [0.4, 0.5) is 4.39 Å². The quantitative estimate of drug-likeness (QED) is 0.628. The minimum absolute atomic E-state index is 0.343. The van der Waals surface area contributed by atoms with E-state index >= 15 is 0 Å². The van der Waals surface area contributed by atoms with Crippen LogP contribution in [0.15, 0.2) is 10.9 Å². The van der Waals surface area contributed by atoms with E-state index in [0.29, 0.717) is 5.89 Å². The molecule has 3 nitrogen and oxygen atoms in total. The molecule has 0 spiro atoms. The first-order valence-electron chi connectivity index (χ1n) is 3.00. The van der Waals surface area contributed by atoms with Gasteiger partial charge in [-0.1, -0.05) is 5.16 Å². The number of aromatic nitrogens is 2. The van der Waals surface area contributed by atoms with Gasteiger partial charge in [0, 0.05) is 0 Å². The van der Waals surface area contributed by atoms with Gasteiger partial charge in [-0.3, -0.25) is 0 Å². The van der Waals surface area contributed by atoms with Crippen molar-refractivity contribution in [2.45, 2.75) is 19.3 Å². The number of hydrogen-bond acceptors (Lipinski definition) is 3. The van der Waals surface area contributed by atoms with Crippen molar-refractivity contribution >= 4 is 0 Å². The summed E-state index contributed by atoms with van der Waals surface area (Å²) in [5.74, 6) is 0.343. The summed E-state index contributed by atoms with van der Waals surface area (Å²) in [5.41, 5.74) is -0.642. The maximum atomic E-state index is 12.2. The molecule has 0 aromatic carbocycles.